The molecule has 34 heavy (non-hydrogen) atoms. The van der Waals surface area contributed by atoms with Crippen molar-refractivity contribution in [2.24, 2.45) is 0 Å². The smallest absolute Gasteiger partial charge is 0.410 e. The number of ether oxygens (including phenoxy) is 4. The van der Waals surface area contributed by atoms with E-state index in [4.69, 9.17) is 18.9 Å². The number of piperidine rings is 1. The summed E-state index contributed by atoms with van der Waals surface area (Å²) < 4.78 is 21.7. The lowest BCUT2D eigenvalue weighted by Crippen LogP contribution is -2.62. The van der Waals surface area contributed by atoms with Crippen LogP contribution in [0.25, 0.3) is 0 Å². The van der Waals surface area contributed by atoms with Gasteiger partial charge in [0, 0.05) is 27.2 Å². The minimum atomic E-state index is -0.658. The second-order valence-electron chi connectivity index (χ2n) is 8.97. The zero-order chi connectivity index (χ0) is 24.1. The number of hydrogen-bond donors (Lipinski definition) is 0. The summed E-state index contributed by atoms with van der Waals surface area (Å²) >= 11 is 0. The van der Waals surface area contributed by atoms with E-state index in [1.807, 2.05) is 48.5 Å². The van der Waals surface area contributed by atoms with Crippen molar-refractivity contribution in [1.82, 2.24) is 4.90 Å². The van der Waals surface area contributed by atoms with Gasteiger partial charge >= 0.3 is 6.09 Å². The SMILES string of the molecule is COc1ccc2c(c1)[C@]1(CCCC(OC)OC)CCN(C(=O)OCc3ccccc3)[C@H](C2)C1=O. The molecule has 0 saturated carbocycles. The predicted molar refractivity (Wildman–Crippen MR) is 127 cm³/mol. The summed E-state index contributed by atoms with van der Waals surface area (Å²) in [7, 11) is 4.87. The normalized spacial score (nSPS) is 21.4. The minimum absolute atomic E-state index is 0.0857. The molecular formula is C27H33NO6. The van der Waals surface area contributed by atoms with E-state index >= 15 is 0 Å². The van der Waals surface area contributed by atoms with Crippen LogP contribution in [0.5, 0.6) is 5.75 Å². The maximum atomic E-state index is 13.9. The highest BCUT2D eigenvalue weighted by Gasteiger charge is 2.54. The highest BCUT2D eigenvalue weighted by atomic mass is 16.7. The van der Waals surface area contributed by atoms with E-state index in [2.05, 4.69) is 0 Å². The van der Waals surface area contributed by atoms with Gasteiger partial charge in [0.2, 0.25) is 0 Å². The summed E-state index contributed by atoms with van der Waals surface area (Å²) in [5, 5.41) is 0. The molecule has 0 unspecified atom stereocenters. The number of likely N-dealkylation sites (tertiary alicyclic amines) is 1. The summed E-state index contributed by atoms with van der Waals surface area (Å²) in [4.78, 5) is 28.6. The average Bonchev–Trinajstić information content (AvgIpc) is 2.87. The van der Waals surface area contributed by atoms with Gasteiger partial charge in [-0.3, -0.25) is 9.69 Å². The van der Waals surface area contributed by atoms with Crippen molar-refractivity contribution in [2.45, 2.75) is 56.5 Å². The number of methoxy groups -OCH3 is 3. The number of Topliss-reactive ketones (excluding diaryl/α,β-unsaturated/α-hetero) is 1. The maximum absolute atomic E-state index is 13.9. The molecule has 1 saturated heterocycles. The zero-order valence-electron chi connectivity index (χ0n) is 20.1. The van der Waals surface area contributed by atoms with Crippen molar-refractivity contribution in [1.29, 1.82) is 0 Å². The molecule has 2 aliphatic rings. The van der Waals surface area contributed by atoms with Crippen LogP contribution in [0, 0.1) is 0 Å². The van der Waals surface area contributed by atoms with Gasteiger partial charge in [-0.1, -0.05) is 36.4 Å². The van der Waals surface area contributed by atoms with Crippen LogP contribution in [0.2, 0.25) is 0 Å². The van der Waals surface area contributed by atoms with Crippen LogP contribution >= 0.6 is 0 Å². The highest BCUT2D eigenvalue weighted by molar-refractivity contribution is 5.99. The quantitative estimate of drug-likeness (QED) is 0.513. The number of hydrogen-bond acceptors (Lipinski definition) is 6. The number of nitrogens with zero attached hydrogens (tertiary/aromatic N) is 1. The molecule has 1 aliphatic heterocycles. The van der Waals surface area contributed by atoms with E-state index in [0.717, 1.165) is 28.9 Å². The van der Waals surface area contributed by atoms with Crippen molar-refractivity contribution >= 4 is 11.9 Å². The van der Waals surface area contributed by atoms with Crippen molar-refractivity contribution in [2.75, 3.05) is 27.9 Å². The number of fused-ring (bicyclic) bond motifs is 4. The van der Waals surface area contributed by atoms with Crippen LogP contribution in [0.15, 0.2) is 48.5 Å². The van der Waals surface area contributed by atoms with Gasteiger partial charge in [-0.2, -0.15) is 0 Å². The molecule has 1 aliphatic carbocycles. The van der Waals surface area contributed by atoms with Gasteiger partial charge in [-0.25, -0.2) is 4.79 Å². The Labute approximate surface area is 200 Å². The molecule has 0 spiro atoms. The Balaban J connectivity index is 1.57. The van der Waals surface area contributed by atoms with Gasteiger partial charge in [-0.05, 0) is 54.5 Å². The summed E-state index contributed by atoms with van der Waals surface area (Å²) in [6.07, 6.45) is 2.41. The van der Waals surface area contributed by atoms with Gasteiger partial charge in [0.05, 0.1) is 18.6 Å². The second-order valence-corrected chi connectivity index (χ2v) is 8.97. The number of carbonyl (C=O) groups is 2. The molecule has 1 heterocycles. The van der Waals surface area contributed by atoms with Crippen molar-refractivity contribution < 1.29 is 28.5 Å². The summed E-state index contributed by atoms with van der Waals surface area (Å²) in [5.41, 5.74) is 2.37. The number of benzene rings is 2. The molecule has 182 valence electrons. The van der Waals surface area contributed by atoms with E-state index in [-0.39, 0.29) is 18.7 Å². The van der Waals surface area contributed by atoms with Crippen LogP contribution in [0.1, 0.15) is 42.4 Å². The molecule has 7 heteroatoms. The molecule has 1 amide bonds. The fourth-order valence-corrected chi connectivity index (χ4v) is 5.34. The highest BCUT2D eigenvalue weighted by Crippen LogP contribution is 2.47. The van der Waals surface area contributed by atoms with Gasteiger partial charge in [0.25, 0.3) is 0 Å². The number of ketones is 1. The van der Waals surface area contributed by atoms with Crippen LogP contribution in [0.4, 0.5) is 4.79 Å². The standard InChI is InChI=1S/C27H33NO6/c1-31-21-12-11-20-16-23-25(29)27(22(20)17-21,13-7-10-24(32-2)33-3)14-15-28(23)26(30)34-18-19-8-5-4-6-9-19/h4-6,8-9,11-12,17,23-24H,7,10,13-16,18H2,1-3H3/t23-,27+/m1/s1. The van der Waals surface area contributed by atoms with E-state index in [0.29, 0.717) is 32.2 Å². The zero-order valence-corrected chi connectivity index (χ0v) is 20.1. The molecule has 2 aromatic rings. The summed E-state index contributed by atoms with van der Waals surface area (Å²) in [6.45, 7) is 0.657. The first-order chi connectivity index (χ1) is 16.5. The lowest BCUT2D eigenvalue weighted by molar-refractivity contribution is -0.136. The van der Waals surface area contributed by atoms with Gasteiger partial charge in [-0.15, -0.1) is 0 Å². The Kier molecular flexibility index (Phi) is 7.54. The Hall–Kier alpha value is -2.90. The molecule has 1 fully saturated rings. The Morgan fingerprint density at radius 3 is 2.59 bits per heavy atom. The summed E-state index contributed by atoms with van der Waals surface area (Å²) in [5.74, 6) is 0.822. The largest absolute Gasteiger partial charge is 0.497 e. The molecule has 0 N–H and O–H groups in total. The summed E-state index contributed by atoms with van der Waals surface area (Å²) in [6, 6.07) is 15.0. The monoisotopic (exact) mass is 467 g/mol. The van der Waals surface area contributed by atoms with Gasteiger partial charge in [0.15, 0.2) is 12.1 Å². The Morgan fingerprint density at radius 1 is 1.12 bits per heavy atom. The maximum Gasteiger partial charge on any atom is 0.410 e. The fourth-order valence-electron chi connectivity index (χ4n) is 5.34. The van der Waals surface area contributed by atoms with Crippen LogP contribution < -0.4 is 4.74 Å². The lowest BCUT2D eigenvalue weighted by atomic mass is 9.61. The lowest BCUT2D eigenvalue weighted by Gasteiger charge is -2.49. The van der Waals surface area contributed by atoms with Gasteiger partial charge in [0.1, 0.15) is 12.4 Å². The van der Waals surface area contributed by atoms with Crippen LogP contribution in [0.3, 0.4) is 0 Å². The minimum Gasteiger partial charge on any atom is -0.497 e. The molecule has 4 rings (SSSR count). The van der Waals surface area contributed by atoms with E-state index < -0.39 is 17.6 Å². The topological polar surface area (TPSA) is 74.3 Å². The molecule has 2 bridgehead atoms. The first kappa shape index (κ1) is 24.2. The van der Waals surface area contributed by atoms with Gasteiger partial charge < -0.3 is 18.9 Å². The second kappa shape index (κ2) is 10.6. The van der Waals surface area contributed by atoms with E-state index in [1.165, 1.54) is 0 Å². The number of rotatable bonds is 9. The fraction of sp³-hybridized carbons (Fsp3) is 0.481. The van der Waals surface area contributed by atoms with Crippen molar-refractivity contribution in [3.8, 4) is 5.75 Å². The molecule has 2 aromatic carbocycles. The van der Waals surface area contributed by atoms with Crippen LogP contribution in [-0.4, -0.2) is 57.0 Å². The third-order valence-electron chi connectivity index (χ3n) is 7.18. The molecule has 0 radical (unpaired) electrons. The third-order valence-corrected chi connectivity index (χ3v) is 7.18. The average molecular weight is 468 g/mol. The van der Waals surface area contributed by atoms with Crippen LogP contribution in [-0.2, 0) is 37.4 Å². The van der Waals surface area contributed by atoms with Crippen molar-refractivity contribution in [3.05, 3.63) is 65.2 Å². The molecular weight excluding hydrogens is 434 g/mol. The van der Waals surface area contributed by atoms with E-state index in [1.54, 1.807) is 26.2 Å². The Morgan fingerprint density at radius 2 is 1.88 bits per heavy atom. The first-order valence-electron chi connectivity index (χ1n) is 11.8. The Bertz CT molecular complexity index is 1010. The third kappa shape index (κ3) is 4.68. The van der Waals surface area contributed by atoms with Crippen molar-refractivity contribution in [3.63, 3.8) is 0 Å². The molecule has 7 nitrogen and oxygen atoms in total. The number of amides is 1. The first-order valence-corrected chi connectivity index (χ1v) is 11.8. The molecule has 0 aromatic heterocycles. The molecule has 2 atom stereocenters. The number of carbonyl (C=O) groups excluding carboxylic acids is 2. The van der Waals surface area contributed by atoms with E-state index in [9.17, 15) is 9.59 Å². The predicted octanol–water partition coefficient (Wildman–Crippen LogP) is 4.26.